The maximum Gasteiger partial charge on any atom is 0.399 e. The lowest BCUT2D eigenvalue weighted by molar-refractivity contribution is -0.139. The van der Waals surface area contributed by atoms with Gasteiger partial charge < -0.3 is 0 Å². The van der Waals surface area contributed by atoms with Crippen LogP contribution in [0.1, 0.15) is 48.9 Å². The molecule has 0 bridgehead atoms. The maximum atomic E-state index is 14.8. The summed E-state index contributed by atoms with van der Waals surface area (Å²) in [5, 5.41) is 0.0190. The van der Waals surface area contributed by atoms with Crippen LogP contribution in [0.3, 0.4) is 0 Å². The molecular weight excluding hydrogens is 430 g/mol. The molecule has 2 rings (SSSR count). The topological polar surface area (TPSA) is 0 Å². The number of hydrogen-bond acceptors (Lipinski definition) is 0. The Morgan fingerprint density at radius 1 is 1.00 bits per heavy atom. The van der Waals surface area contributed by atoms with E-state index in [0.29, 0.717) is 17.2 Å². The van der Waals surface area contributed by atoms with Crippen molar-refractivity contribution in [1.82, 2.24) is 0 Å². The van der Waals surface area contributed by atoms with Gasteiger partial charge in [0.05, 0.1) is 10.0 Å². The molecule has 0 heterocycles. The van der Waals surface area contributed by atoms with Gasteiger partial charge in [0.2, 0.25) is 0 Å². The minimum atomic E-state index is -4.77. The summed E-state index contributed by atoms with van der Waals surface area (Å²) >= 11 is 11.6. The zero-order valence-electron chi connectivity index (χ0n) is 16.0. The van der Waals surface area contributed by atoms with Crippen LogP contribution in [0.4, 0.5) is 22.0 Å². The highest BCUT2D eigenvalue weighted by Gasteiger charge is 2.40. The van der Waals surface area contributed by atoms with Gasteiger partial charge in [-0.1, -0.05) is 53.6 Å². The lowest BCUT2D eigenvalue weighted by atomic mass is 9.89. The van der Waals surface area contributed by atoms with Gasteiger partial charge >= 0.3 is 6.18 Å². The molecular formula is C22H19Cl2F5. The fraction of sp³-hybridized carbons (Fsp3) is 0.273. The Balaban J connectivity index is 2.58. The van der Waals surface area contributed by atoms with E-state index >= 15 is 0 Å². The first-order valence-corrected chi connectivity index (χ1v) is 9.36. The van der Waals surface area contributed by atoms with Gasteiger partial charge in [-0.05, 0) is 61.7 Å². The van der Waals surface area contributed by atoms with Gasteiger partial charge in [0.25, 0.3) is 0 Å². The number of rotatable bonds is 5. The summed E-state index contributed by atoms with van der Waals surface area (Å²) in [7, 11) is 0. The van der Waals surface area contributed by atoms with E-state index in [4.69, 9.17) is 23.2 Å². The monoisotopic (exact) mass is 448 g/mol. The van der Waals surface area contributed by atoms with Crippen molar-refractivity contribution in [2.75, 3.05) is 0 Å². The summed E-state index contributed by atoms with van der Waals surface area (Å²) in [4.78, 5) is 0. The summed E-state index contributed by atoms with van der Waals surface area (Å²) < 4.78 is 70.2. The normalized spacial score (nSPS) is 14.1. The van der Waals surface area contributed by atoms with Crippen LogP contribution in [0.15, 0.2) is 49.1 Å². The van der Waals surface area contributed by atoms with Gasteiger partial charge in [-0.15, -0.1) is 0 Å². The summed E-state index contributed by atoms with van der Waals surface area (Å²) in [5.41, 5.74) is -1.07. The van der Waals surface area contributed by atoms with Crippen molar-refractivity contribution in [2.24, 2.45) is 0 Å². The molecule has 0 radical (unpaired) electrons. The first-order valence-electron chi connectivity index (χ1n) is 8.60. The van der Waals surface area contributed by atoms with Gasteiger partial charge in [0.1, 0.15) is 17.4 Å². The van der Waals surface area contributed by atoms with Gasteiger partial charge in [-0.25, -0.2) is 8.78 Å². The maximum absolute atomic E-state index is 14.8. The third-order valence-corrected chi connectivity index (χ3v) is 5.10. The molecule has 2 aromatic rings. The van der Waals surface area contributed by atoms with Crippen LogP contribution < -0.4 is 0 Å². The van der Waals surface area contributed by atoms with Crippen molar-refractivity contribution in [2.45, 2.75) is 38.5 Å². The molecule has 0 saturated carbocycles. The van der Waals surface area contributed by atoms with Gasteiger partial charge in [-0.2, -0.15) is 13.2 Å². The molecule has 0 aromatic heterocycles. The van der Waals surface area contributed by atoms with Crippen LogP contribution in [0.2, 0.25) is 10.0 Å². The molecule has 1 atom stereocenters. The lowest BCUT2D eigenvalue weighted by Crippen LogP contribution is -2.19. The quantitative estimate of drug-likeness (QED) is 0.400. The van der Waals surface area contributed by atoms with E-state index < -0.39 is 23.6 Å². The summed E-state index contributed by atoms with van der Waals surface area (Å²) in [6.45, 7) is 8.00. The van der Waals surface area contributed by atoms with E-state index in [2.05, 4.69) is 6.58 Å². The Morgan fingerprint density at radius 3 is 2.10 bits per heavy atom. The highest BCUT2D eigenvalue weighted by molar-refractivity contribution is 6.42. The Hall–Kier alpha value is -1.85. The predicted octanol–water partition coefficient (Wildman–Crippen LogP) is 8.89. The molecule has 0 spiro atoms. The van der Waals surface area contributed by atoms with E-state index in [1.54, 1.807) is 6.92 Å². The van der Waals surface area contributed by atoms with Crippen LogP contribution >= 0.6 is 23.2 Å². The summed E-state index contributed by atoms with van der Waals surface area (Å²) in [6, 6.07) is 7.35. The van der Waals surface area contributed by atoms with Crippen molar-refractivity contribution >= 4 is 34.6 Å². The molecule has 0 saturated heterocycles. The van der Waals surface area contributed by atoms with E-state index in [1.807, 2.05) is 0 Å². The van der Waals surface area contributed by atoms with Crippen LogP contribution in [-0.2, 0) is 5.67 Å². The van der Waals surface area contributed by atoms with Crippen molar-refractivity contribution in [3.63, 3.8) is 0 Å². The van der Waals surface area contributed by atoms with E-state index in [1.165, 1.54) is 38.1 Å². The molecule has 0 aliphatic heterocycles. The minimum Gasteiger partial charge on any atom is -0.239 e. The summed E-state index contributed by atoms with van der Waals surface area (Å²) in [6.07, 6.45) is -4.32. The van der Waals surface area contributed by atoms with Crippen molar-refractivity contribution < 1.29 is 22.0 Å². The van der Waals surface area contributed by atoms with E-state index in [-0.39, 0.29) is 26.7 Å². The molecule has 0 amide bonds. The number of hydrogen-bond donors (Lipinski definition) is 0. The number of alkyl halides is 4. The molecule has 1 unspecified atom stereocenters. The first kappa shape index (κ1) is 23.4. The first-order chi connectivity index (χ1) is 13.2. The zero-order chi connectivity index (χ0) is 22.1. The number of halogens is 7. The van der Waals surface area contributed by atoms with Crippen LogP contribution in [0, 0.1) is 0 Å². The van der Waals surface area contributed by atoms with E-state index in [9.17, 15) is 22.0 Å². The molecule has 0 N–H and O–H groups in total. The highest BCUT2D eigenvalue weighted by atomic mass is 35.5. The fourth-order valence-electron chi connectivity index (χ4n) is 2.88. The second-order valence-electron chi connectivity index (χ2n) is 7.22. The van der Waals surface area contributed by atoms with Crippen molar-refractivity contribution in [3.05, 3.63) is 81.4 Å². The average molecular weight is 449 g/mol. The molecule has 0 nitrogen and oxygen atoms in total. The van der Waals surface area contributed by atoms with Gasteiger partial charge in [0.15, 0.2) is 0 Å². The largest absolute Gasteiger partial charge is 0.399 e. The van der Waals surface area contributed by atoms with Crippen LogP contribution in [0.5, 0.6) is 0 Å². The van der Waals surface area contributed by atoms with Gasteiger partial charge in [-0.3, -0.25) is 0 Å². The molecule has 2 aromatic carbocycles. The molecule has 0 aliphatic rings. The fourth-order valence-corrected chi connectivity index (χ4v) is 3.19. The molecule has 0 aliphatic carbocycles. The van der Waals surface area contributed by atoms with Crippen molar-refractivity contribution in [1.29, 1.82) is 0 Å². The van der Waals surface area contributed by atoms with Crippen molar-refractivity contribution in [3.8, 4) is 0 Å². The van der Waals surface area contributed by atoms with E-state index in [0.717, 1.165) is 12.1 Å². The number of allylic oxidation sites excluding steroid dienone is 2. The Kier molecular flexibility index (Phi) is 6.86. The second kappa shape index (κ2) is 8.49. The second-order valence-corrected chi connectivity index (χ2v) is 8.03. The average Bonchev–Trinajstić information content (AvgIpc) is 2.59. The standard InChI is InChI=1S/C22H19Cl2F5/c1-12(2)15-7-5-14(9-17(15)21(3,4)26)20(25)11-16(22(27,28)29)13-6-8-18(23)19(24)10-13/h5-11,16H,1H2,2-4H3/b20-11-. The third kappa shape index (κ3) is 5.61. The Bertz CT molecular complexity index is 953. The number of benzene rings is 2. The lowest BCUT2D eigenvalue weighted by Gasteiger charge is -2.21. The predicted molar refractivity (Wildman–Crippen MR) is 110 cm³/mol. The highest BCUT2D eigenvalue weighted by Crippen LogP contribution is 2.41. The summed E-state index contributed by atoms with van der Waals surface area (Å²) in [5.74, 6) is -3.38. The molecule has 7 heteroatoms. The SMILES string of the molecule is C=C(C)c1ccc(/C(F)=C/C(c2ccc(Cl)c(Cl)c2)C(F)(F)F)cc1C(C)(C)F. The third-order valence-electron chi connectivity index (χ3n) is 4.36. The molecule has 156 valence electrons. The van der Waals surface area contributed by atoms with Crippen LogP contribution in [0.25, 0.3) is 11.4 Å². The smallest absolute Gasteiger partial charge is 0.239 e. The van der Waals surface area contributed by atoms with Crippen LogP contribution in [-0.4, -0.2) is 6.18 Å². The Labute approximate surface area is 176 Å². The molecule has 29 heavy (non-hydrogen) atoms. The zero-order valence-corrected chi connectivity index (χ0v) is 17.5. The Morgan fingerprint density at radius 2 is 1.62 bits per heavy atom. The molecule has 0 fully saturated rings. The minimum absolute atomic E-state index is 0.0699. The van der Waals surface area contributed by atoms with Gasteiger partial charge in [0, 0.05) is 5.56 Å².